The molecule has 0 aromatic heterocycles. The molecule has 0 fully saturated rings. The lowest BCUT2D eigenvalue weighted by atomic mass is 9.94. The van der Waals surface area contributed by atoms with Crippen molar-refractivity contribution in [1.29, 1.82) is 0 Å². The van der Waals surface area contributed by atoms with Crippen molar-refractivity contribution in [2.45, 2.75) is 26.7 Å². The fourth-order valence-corrected chi connectivity index (χ4v) is 2.24. The van der Waals surface area contributed by atoms with Crippen molar-refractivity contribution in [3.05, 3.63) is 24.3 Å². The fraction of sp³-hybridized carbons (Fsp3) is 0.562. The number of carbonyl (C=O) groups excluding carboxylic acids is 1. The minimum Gasteiger partial charge on any atom is -0.497 e. The van der Waals surface area contributed by atoms with Crippen LogP contribution in [0.5, 0.6) is 5.75 Å². The van der Waals surface area contributed by atoms with Crippen LogP contribution in [0.4, 0.5) is 10.5 Å². The number of anilines is 1. The van der Waals surface area contributed by atoms with Gasteiger partial charge in [-0.05, 0) is 48.9 Å². The summed E-state index contributed by atoms with van der Waals surface area (Å²) >= 11 is 0. The monoisotopic (exact) mass is 294 g/mol. The Kier molecular flexibility index (Phi) is 7.61. The van der Waals surface area contributed by atoms with Gasteiger partial charge in [-0.15, -0.1) is 0 Å². The lowest BCUT2D eigenvalue weighted by Crippen LogP contribution is -2.33. The van der Waals surface area contributed by atoms with Crippen LogP contribution in [0.3, 0.4) is 0 Å². The Labute approximate surface area is 126 Å². The van der Waals surface area contributed by atoms with Crippen molar-refractivity contribution < 1.29 is 14.6 Å². The molecule has 2 amide bonds. The van der Waals surface area contributed by atoms with Crippen LogP contribution < -0.4 is 15.4 Å². The predicted octanol–water partition coefficient (Wildman–Crippen LogP) is 2.86. The quantitative estimate of drug-likeness (QED) is 0.690. The molecule has 0 aliphatic heterocycles. The normalized spacial score (nSPS) is 12.0. The van der Waals surface area contributed by atoms with Gasteiger partial charge in [0.2, 0.25) is 0 Å². The first-order valence-electron chi connectivity index (χ1n) is 7.35. The number of benzene rings is 1. The first kappa shape index (κ1) is 17.3. The molecule has 0 saturated heterocycles. The van der Waals surface area contributed by atoms with E-state index in [4.69, 9.17) is 9.84 Å². The van der Waals surface area contributed by atoms with E-state index < -0.39 is 0 Å². The number of carbonyl (C=O) groups is 1. The average Bonchev–Trinajstić information content (AvgIpc) is 2.45. The van der Waals surface area contributed by atoms with E-state index in [1.54, 1.807) is 31.4 Å². The molecule has 0 saturated carbocycles. The summed E-state index contributed by atoms with van der Waals surface area (Å²) in [6.07, 6.45) is 1.70. The van der Waals surface area contributed by atoms with Gasteiger partial charge in [0.1, 0.15) is 5.75 Å². The summed E-state index contributed by atoms with van der Waals surface area (Å²) in [7, 11) is 1.60. The standard InChI is InChI=1S/C16H26N2O3/c1-12(2)10-13(8-9-19)11-17-16(20)18-14-4-6-15(21-3)7-5-14/h4-7,12-13,19H,8-11H2,1-3H3,(H2,17,18,20). The number of nitrogens with one attached hydrogen (secondary N) is 2. The largest absolute Gasteiger partial charge is 0.497 e. The van der Waals surface area contributed by atoms with Crippen molar-refractivity contribution >= 4 is 11.7 Å². The molecule has 5 nitrogen and oxygen atoms in total. The van der Waals surface area contributed by atoms with Gasteiger partial charge in [0.25, 0.3) is 0 Å². The Hall–Kier alpha value is -1.75. The Morgan fingerprint density at radius 1 is 1.29 bits per heavy atom. The van der Waals surface area contributed by atoms with Gasteiger partial charge in [-0.3, -0.25) is 0 Å². The summed E-state index contributed by atoms with van der Waals surface area (Å²) in [6.45, 7) is 5.00. The van der Waals surface area contributed by atoms with E-state index in [-0.39, 0.29) is 12.6 Å². The van der Waals surface area contributed by atoms with Gasteiger partial charge in [-0.25, -0.2) is 4.79 Å². The molecular weight excluding hydrogens is 268 g/mol. The fourth-order valence-electron chi connectivity index (χ4n) is 2.24. The molecule has 1 aromatic carbocycles. The van der Waals surface area contributed by atoms with Crippen LogP contribution in [0.15, 0.2) is 24.3 Å². The number of hydrogen-bond donors (Lipinski definition) is 3. The maximum atomic E-state index is 11.8. The summed E-state index contributed by atoms with van der Waals surface area (Å²) < 4.78 is 5.06. The zero-order chi connectivity index (χ0) is 15.7. The number of rotatable bonds is 8. The number of amides is 2. The number of methoxy groups -OCH3 is 1. The number of urea groups is 1. The van der Waals surface area contributed by atoms with Crippen molar-refractivity contribution in [3.63, 3.8) is 0 Å². The number of aliphatic hydroxyl groups excluding tert-OH is 1. The summed E-state index contributed by atoms with van der Waals surface area (Å²) in [4.78, 5) is 11.8. The summed E-state index contributed by atoms with van der Waals surface area (Å²) in [5.74, 6) is 1.60. The number of hydrogen-bond acceptors (Lipinski definition) is 3. The maximum Gasteiger partial charge on any atom is 0.319 e. The van der Waals surface area contributed by atoms with Gasteiger partial charge >= 0.3 is 6.03 Å². The molecule has 21 heavy (non-hydrogen) atoms. The molecule has 1 aromatic rings. The second kappa shape index (κ2) is 9.23. The predicted molar refractivity (Wildman–Crippen MR) is 84.7 cm³/mol. The van der Waals surface area contributed by atoms with Crippen LogP contribution >= 0.6 is 0 Å². The molecule has 1 unspecified atom stereocenters. The molecule has 118 valence electrons. The molecule has 5 heteroatoms. The molecular formula is C16H26N2O3. The lowest BCUT2D eigenvalue weighted by molar-refractivity contribution is 0.231. The van der Waals surface area contributed by atoms with E-state index in [9.17, 15) is 4.79 Å². The van der Waals surface area contributed by atoms with Crippen LogP contribution in [0.25, 0.3) is 0 Å². The van der Waals surface area contributed by atoms with E-state index in [1.165, 1.54) is 0 Å². The SMILES string of the molecule is COc1ccc(NC(=O)NCC(CCO)CC(C)C)cc1. The molecule has 0 aliphatic carbocycles. The minimum absolute atomic E-state index is 0.152. The van der Waals surface area contributed by atoms with E-state index in [2.05, 4.69) is 24.5 Å². The van der Waals surface area contributed by atoms with Gasteiger partial charge < -0.3 is 20.5 Å². The molecule has 1 rings (SSSR count). The summed E-state index contributed by atoms with van der Waals surface area (Å²) in [6, 6.07) is 6.94. The topological polar surface area (TPSA) is 70.6 Å². The van der Waals surface area contributed by atoms with Gasteiger partial charge in [-0.2, -0.15) is 0 Å². The molecule has 0 spiro atoms. The van der Waals surface area contributed by atoms with Crippen LogP contribution in [0.1, 0.15) is 26.7 Å². The number of ether oxygens (including phenoxy) is 1. The van der Waals surface area contributed by atoms with E-state index in [1.807, 2.05) is 0 Å². The van der Waals surface area contributed by atoms with Crippen molar-refractivity contribution in [2.75, 3.05) is 25.6 Å². The van der Waals surface area contributed by atoms with Crippen LogP contribution in [-0.2, 0) is 0 Å². The van der Waals surface area contributed by atoms with E-state index >= 15 is 0 Å². The first-order valence-corrected chi connectivity index (χ1v) is 7.35. The molecule has 0 radical (unpaired) electrons. The molecule has 1 atom stereocenters. The van der Waals surface area contributed by atoms with Gasteiger partial charge in [0.15, 0.2) is 0 Å². The third-order valence-electron chi connectivity index (χ3n) is 3.24. The third-order valence-corrected chi connectivity index (χ3v) is 3.24. The maximum absolute atomic E-state index is 11.8. The average molecular weight is 294 g/mol. The highest BCUT2D eigenvalue weighted by molar-refractivity contribution is 5.89. The highest BCUT2D eigenvalue weighted by atomic mass is 16.5. The summed E-state index contributed by atoms with van der Waals surface area (Å²) in [5, 5.41) is 14.7. The highest BCUT2D eigenvalue weighted by Gasteiger charge is 2.12. The molecule has 0 aliphatic rings. The van der Waals surface area contributed by atoms with Crippen molar-refractivity contribution in [1.82, 2.24) is 5.32 Å². The van der Waals surface area contributed by atoms with Gasteiger partial charge in [0.05, 0.1) is 7.11 Å². The number of aliphatic hydroxyl groups is 1. The van der Waals surface area contributed by atoms with E-state index in [0.29, 0.717) is 24.8 Å². The Balaban J connectivity index is 2.40. The smallest absolute Gasteiger partial charge is 0.319 e. The second-order valence-electron chi connectivity index (χ2n) is 5.57. The van der Waals surface area contributed by atoms with Crippen molar-refractivity contribution in [2.24, 2.45) is 11.8 Å². The molecule has 3 N–H and O–H groups in total. The zero-order valence-corrected chi connectivity index (χ0v) is 13.1. The van der Waals surface area contributed by atoms with Crippen LogP contribution in [0, 0.1) is 11.8 Å². The van der Waals surface area contributed by atoms with Crippen molar-refractivity contribution in [3.8, 4) is 5.75 Å². The summed E-state index contributed by atoms with van der Waals surface area (Å²) in [5.41, 5.74) is 0.718. The van der Waals surface area contributed by atoms with Crippen LogP contribution in [-0.4, -0.2) is 31.4 Å². The minimum atomic E-state index is -0.230. The highest BCUT2D eigenvalue weighted by Crippen LogP contribution is 2.16. The Morgan fingerprint density at radius 3 is 2.48 bits per heavy atom. The first-order chi connectivity index (χ1) is 10.0. The Bertz CT molecular complexity index is 418. The Morgan fingerprint density at radius 2 is 1.95 bits per heavy atom. The van der Waals surface area contributed by atoms with Crippen LogP contribution in [0.2, 0.25) is 0 Å². The van der Waals surface area contributed by atoms with Gasteiger partial charge in [0, 0.05) is 18.8 Å². The third kappa shape index (κ3) is 6.99. The molecule has 0 heterocycles. The lowest BCUT2D eigenvalue weighted by Gasteiger charge is -2.18. The zero-order valence-electron chi connectivity index (χ0n) is 13.1. The second-order valence-corrected chi connectivity index (χ2v) is 5.57. The van der Waals surface area contributed by atoms with E-state index in [0.717, 1.165) is 17.9 Å². The molecule has 0 bridgehead atoms. The van der Waals surface area contributed by atoms with Gasteiger partial charge in [-0.1, -0.05) is 13.8 Å².